The fourth-order valence-corrected chi connectivity index (χ4v) is 13.7. The standard InChI is InChI=1S/C50H56Si/c1-2-14-33(13-1)45-29-39(43-27-25-35-17-9-11-23-41(35)49(43)47(45)37-19-5-6-20-37)31-51-32-40-30-46(34-15-3-4-16-34)48(38-21-7-8-22-38)50-42-24-12-10-18-36(42)26-28-44(40)50/h9-12,17-18,23-30,33-34,37-38H,1-8,13-16,19-22,31-32,51H2. The van der Waals surface area contributed by atoms with Gasteiger partial charge in [-0.2, -0.15) is 0 Å². The van der Waals surface area contributed by atoms with Crippen LogP contribution in [0.15, 0.2) is 84.9 Å². The number of fused-ring (bicyclic) bond motifs is 6. The average molecular weight is 685 g/mol. The van der Waals surface area contributed by atoms with E-state index in [0.29, 0.717) is 0 Å². The van der Waals surface area contributed by atoms with Crippen molar-refractivity contribution >= 4 is 52.6 Å². The number of hydrogen-bond acceptors (Lipinski definition) is 0. The zero-order valence-electron chi connectivity index (χ0n) is 30.8. The summed E-state index contributed by atoms with van der Waals surface area (Å²) in [5, 5.41) is 12.4. The second-order valence-corrected chi connectivity index (χ2v) is 19.0. The van der Waals surface area contributed by atoms with Crippen molar-refractivity contribution in [2.45, 2.75) is 138 Å². The third-order valence-electron chi connectivity index (χ3n) is 14.4. The Morgan fingerprint density at radius 3 is 1.18 bits per heavy atom. The van der Waals surface area contributed by atoms with Crippen LogP contribution in [0.5, 0.6) is 0 Å². The highest BCUT2D eigenvalue weighted by Crippen LogP contribution is 2.50. The highest BCUT2D eigenvalue weighted by atomic mass is 28.2. The van der Waals surface area contributed by atoms with Crippen molar-refractivity contribution in [1.82, 2.24) is 0 Å². The van der Waals surface area contributed by atoms with Crippen LogP contribution in [-0.2, 0) is 12.1 Å². The van der Waals surface area contributed by atoms with E-state index in [2.05, 4.69) is 84.9 Å². The zero-order valence-corrected chi connectivity index (χ0v) is 32.2. The van der Waals surface area contributed by atoms with Gasteiger partial charge in [-0.15, -0.1) is 0 Å². The Morgan fingerprint density at radius 1 is 0.392 bits per heavy atom. The smallest absolute Gasteiger partial charge is 0.0297 e. The minimum Gasteiger partial charge on any atom is -0.0616 e. The van der Waals surface area contributed by atoms with E-state index in [1.165, 1.54) is 136 Å². The molecular weight excluding hydrogens is 629 g/mol. The second-order valence-electron chi connectivity index (χ2n) is 17.3. The van der Waals surface area contributed by atoms with E-state index in [1.54, 1.807) is 54.9 Å². The summed E-state index contributed by atoms with van der Waals surface area (Å²) in [6, 6.07) is 36.8. The molecule has 4 fully saturated rings. The van der Waals surface area contributed by atoms with E-state index in [9.17, 15) is 0 Å². The van der Waals surface area contributed by atoms with Gasteiger partial charge in [-0.3, -0.25) is 0 Å². The van der Waals surface area contributed by atoms with Crippen molar-refractivity contribution in [2.24, 2.45) is 0 Å². The normalized spacial score (nSPS) is 19.6. The highest BCUT2D eigenvalue weighted by Gasteiger charge is 2.31. The van der Waals surface area contributed by atoms with Crippen LogP contribution in [0.1, 0.15) is 160 Å². The molecule has 4 aliphatic rings. The van der Waals surface area contributed by atoms with E-state index >= 15 is 0 Å². The van der Waals surface area contributed by atoms with Crippen LogP contribution in [0, 0.1) is 0 Å². The molecule has 0 heterocycles. The fourth-order valence-electron chi connectivity index (χ4n) is 12.0. The molecule has 51 heavy (non-hydrogen) atoms. The Balaban J connectivity index is 1.09. The maximum absolute atomic E-state index is 2.80. The van der Waals surface area contributed by atoms with Gasteiger partial charge in [-0.05, 0) is 164 Å². The quantitative estimate of drug-likeness (QED) is 0.111. The summed E-state index contributed by atoms with van der Waals surface area (Å²) in [6.45, 7) is 0. The van der Waals surface area contributed by atoms with Gasteiger partial charge >= 0.3 is 0 Å². The molecule has 0 spiro atoms. The Morgan fingerprint density at radius 2 is 0.765 bits per heavy atom. The molecule has 0 nitrogen and oxygen atoms in total. The summed E-state index contributed by atoms with van der Waals surface area (Å²) in [4.78, 5) is 0. The molecule has 6 aromatic carbocycles. The third kappa shape index (κ3) is 5.78. The van der Waals surface area contributed by atoms with Gasteiger partial charge in [-0.25, -0.2) is 0 Å². The van der Waals surface area contributed by atoms with Gasteiger partial charge in [0, 0.05) is 9.52 Å². The van der Waals surface area contributed by atoms with Crippen LogP contribution < -0.4 is 0 Å². The lowest BCUT2D eigenvalue weighted by atomic mass is 9.79. The monoisotopic (exact) mass is 684 g/mol. The first-order chi connectivity index (χ1) is 25.3. The van der Waals surface area contributed by atoms with Crippen LogP contribution >= 0.6 is 0 Å². The molecule has 10 rings (SSSR count). The van der Waals surface area contributed by atoms with E-state index < -0.39 is 9.52 Å². The van der Waals surface area contributed by atoms with Gasteiger partial charge in [0.05, 0.1) is 0 Å². The van der Waals surface area contributed by atoms with Crippen LogP contribution in [0.3, 0.4) is 0 Å². The summed E-state index contributed by atoms with van der Waals surface area (Å²) in [7, 11) is -0.399. The molecule has 260 valence electrons. The molecule has 0 N–H and O–H groups in total. The molecule has 4 saturated carbocycles. The number of rotatable bonds is 8. The van der Waals surface area contributed by atoms with Gasteiger partial charge in [0.15, 0.2) is 0 Å². The van der Waals surface area contributed by atoms with Crippen LogP contribution in [0.25, 0.3) is 43.1 Å². The lowest BCUT2D eigenvalue weighted by molar-refractivity contribution is 0.669. The molecule has 0 aliphatic heterocycles. The Labute approximate surface area is 308 Å². The number of hydrogen-bond donors (Lipinski definition) is 0. The number of benzene rings is 6. The second kappa shape index (κ2) is 13.9. The summed E-state index contributed by atoms with van der Waals surface area (Å²) in [5.74, 6) is 3.01. The molecule has 0 unspecified atom stereocenters. The van der Waals surface area contributed by atoms with Gasteiger partial charge < -0.3 is 0 Å². The van der Waals surface area contributed by atoms with E-state index in [4.69, 9.17) is 0 Å². The molecular formula is C50H56Si. The van der Waals surface area contributed by atoms with Crippen molar-refractivity contribution in [1.29, 1.82) is 0 Å². The maximum atomic E-state index is 2.80. The first-order valence-corrected chi connectivity index (χ1v) is 23.3. The lowest BCUT2D eigenvalue weighted by Gasteiger charge is -2.26. The van der Waals surface area contributed by atoms with E-state index in [-0.39, 0.29) is 0 Å². The third-order valence-corrected chi connectivity index (χ3v) is 16.2. The van der Waals surface area contributed by atoms with Gasteiger partial charge in [0.2, 0.25) is 0 Å². The fraction of sp³-hybridized carbons (Fsp3) is 0.440. The first-order valence-electron chi connectivity index (χ1n) is 21.3. The SMILES string of the molecule is c1ccc2c(c1)ccc1c(C[SiH2]Cc3cc(C4CCCC4)c(C4CCCC4)c4c3ccc3ccccc34)cc(C3CCCC3)c(C3CCCC3)c12. The minimum absolute atomic E-state index is 0.399. The van der Waals surface area contributed by atoms with Crippen molar-refractivity contribution in [3.8, 4) is 0 Å². The average Bonchev–Trinajstić information content (AvgIpc) is 4.03. The summed E-state index contributed by atoms with van der Waals surface area (Å²) < 4.78 is 0. The summed E-state index contributed by atoms with van der Waals surface area (Å²) >= 11 is 0. The Kier molecular flexibility index (Phi) is 8.76. The van der Waals surface area contributed by atoms with Gasteiger partial charge in [0.1, 0.15) is 0 Å². The van der Waals surface area contributed by atoms with E-state index in [0.717, 1.165) is 23.7 Å². The topological polar surface area (TPSA) is 0 Å². The molecule has 0 aromatic heterocycles. The minimum atomic E-state index is -0.399. The van der Waals surface area contributed by atoms with Crippen molar-refractivity contribution in [3.05, 3.63) is 118 Å². The van der Waals surface area contributed by atoms with Gasteiger partial charge in [0.25, 0.3) is 0 Å². The molecule has 0 bridgehead atoms. The molecule has 4 aliphatic carbocycles. The van der Waals surface area contributed by atoms with Crippen molar-refractivity contribution in [3.63, 3.8) is 0 Å². The van der Waals surface area contributed by atoms with Crippen molar-refractivity contribution < 1.29 is 0 Å². The van der Waals surface area contributed by atoms with Crippen molar-refractivity contribution in [2.75, 3.05) is 0 Å². The van der Waals surface area contributed by atoms with Crippen LogP contribution in [0.2, 0.25) is 0 Å². The predicted octanol–water partition coefficient (Wildman–Crippen LogP) is 13.8. The molecule has 0 saturated heterocycles. The zero-order chi connectivity index (χ0) is 33.7. The molecule has 1 heteroatoms. The maximum Gasteiger partial charge on any atom is 0.0297 e. The Hall–Kier alpha value is -3.42. The van der Waals surface area contributed by atoms with Gasteiger partial charge in [-0.1, -0.05) is 136 Å². The predicted molar refractivity (Wildman–Crippen MR) is 224 cm³/mol. The largest absolute Gasteiger partial charge is 0.0616 e. The van der Waals surface area contributed by atoms with E-state index in [1.807, 2.05) is 0 Å². The molecule has 0 radical (unpaired) electrons. The summed E-state index contributed by atoms with van der Waals surface area (Å²) in [6.07, 6.45) is 22.4. The first kappa shape index (κ1) is 32.2. The lowest BCUT2D eigenvalue weighted by Crippen LogP contribution is -2.11. The summed E-state index contributed by atoms with van der Waals surface area (Å²) in [5.41, 5.74) is 10.5. The van der Waals surface area contributed by atoms with Crippen LogP contribution in [-0.4, -0.2) is 9.52 Å². The molecule has 0 amide bonds. The van der Waals surface area contributed by atoms with Crippen LogP contribution in [0.4, 0.5) is 0 Å². The highest BCUT2D eigenvalue weighted by molar-refractivity contribution is 6.35. The molecule has 0 atom stereocenters. The molecule has 6 aromatic rings. The Bertz CT molecular complexity index is 2060.